The Kier molecular flexibility index (Phi) is 7.80. The van der Waals surface area contributed by atoms with Gasteiger partial charge in [-0.1, -0.05) is 25.0 Å². The van der Waals surface area contributed by atoms with Crippen molar-refractivity contribution in [2.24, 2.45) is 0 Å². The molecular weight excluding hydrogens is 274 g/mol. The van der Waals surface area contributed by atoms with Crippen molar-refractivity contribution >= 4 is 23.6 Å². The first-order valence-corrected chi connectivity index (χ1v) is 8.15. The summed E-state index contributed by atoms with van der Waals surface area (Å²) in [4.78, 5) is 22.9. The van der Waals surface area contributed by atoms with Gasteiger partial charge < -0.3 is 10.4 Å². The fourth-order valence-electron chi connectivity index (χ4n) is 1.89. The van der Waals surface area contributed by atoms with E-state index in [0.29, 0.717) is 6.54 Å². The van der Waals surface area contributed by atoms with Gasteiger partial charge in [0.15, 0.2) is 0 Å². The van der Waals surface area contributed by atoms with E-state index in [9.17, 15) is 9.59 Å². The second-order valence-corrected chi connectivity index (χ2v) is 5.50. The highest BCUT2D eigenvalue weighted by molar-refractivity contribution is 7.98. The minimum Gasteiger partial charge on any atom is -0.478 e. The molecule has 0 saturated heterocycles. The SMILES string of the molecule is CSCCCCCCNC(=O)c1ccccc1C(=O)O. The third-order valence-electron chi connectivity index (χ3n) is 2.96. The smallest absolute Gasteiger partial charge is 0.336 e. The summed E-state index contributed by atoms with van der Waals surface area (Å²) in [6, 6.07) is 6.27. The van der Waals surface area contributed by atoms with Crippen molar-refractivity contribution in [3.8, 4) is 0 Å². The number of carbonyl (C=O) groups excluding carboxylic acids is 1. The maximum absolute atomic E-state index is 11.9. The zero-order valence-corrected chi connectivity index (χ0v) is 12.5. The average molecular weight is 295 g/mol. The van der Waals surface area contributed by atoms with E-state index >= 15 is 0 Å². The van der Waals surface area contributed by atoms with E-state index in [0.717, 1.165) is 12.8 Å². The second kappa shape index (κ2) is 9.42. The van der Waals surface area contributed by atoms with E-state index < -0.39 is 5.97 Å². The van der Waals surface area contributed by atoms with Crippen LogP contribution in [-0.2, 0) is 0 Å². The lowest BCUT2D eigenvalue weighted by Gasteiger charge is -2.07. The summed E-state index contributed by atoms with van der Waals surface area (Å²) in [6.07, 6.45) is 6.48. The van der Waals surface area contributed by atoms with Crippen LogP contribution in [0.4, 0.5) is 0 Å². The van der Waals surface area contributed by atoms with Gasteiger partial charge >= 0.3 is 5.97 Å². The lowest BCUT2D eigenvalue weighted by atomic mass is 10.1. The molecule has 0 aliphatic rings. The molecule has 0 fully saturated rings. The topological polar surface area (TPSA) is 66.4 Å². The van der Waals surface area contributed by atoms with Crippen LogP contribution in [0, 0.1) is 0 Å². The summed E-state index contributed by atoms with van der Waals surface area (Å²) in [7, 11) is 0. The number of thioether (sulfide) groups is 1. The van der Waals surface area contributed by atoms with Crippen LogP contribution in [0.1, 0.15) is 46.4 Å². The van der Waals surface area contributed by atoms with Gasteiger partial charge in [0, 0.05) is 6.54 Å². The summed E-state index contributed by atoms with van der Waals surface area (Å²) in [5.74, 6) is -0.210. The van der Waals surface area contributed by atoms with Gasteiger partial charge in [0.05, 0.1) is 11.1 Å². The number of aromatic carboxylic acids is 1. The van der Waals surface area contributed by atoms with E-state index in [2.05, 4.69) is 11.6 Å². The molecule has 1 rings (SSSR count). The molecule has 0 aromatic heterocycles. The molecule has 0 spiro atoms. The first-order chi connectivity index (χ1) is 9.66. The van der Waals surface area contributed by atoms with Crippen molar-refractivity contribution in [3.05, 3.63) is 35.4 Å². The summed E-state index contributed by atoms with van der Waals surface area (Å²) >= 11 is 1.85. The third-order valence-corrected chi connectivity index (χ3v) is 3.66. The van der Waals surface area contributed by atoms with E-state index in [-0.39, 0.29) is 17.0 Å². The van der Waals surface area contributed by atoms with Gasteiger partial charge in [-0.25, -0.2) is 4.79 Å². The highest BCUT2D eigenvalue weighted by Crippen LogP contribution is 2.09. The Balaban J connectivity index is 2.35. The molecule has 0 atom stereocenters. The molecule has 0 saturated carbocycles. The number of carboxylic acids is 1. The van der Waals surface area contributed by atoms with E-state index in [1.165, 1.54) is 30.7 Å². The molecule has 1 amide bonds. The second-order valence-electron chi connectivity index (χ2n) is 4.51. The molecule has 0 aliphatic carbocycles. The van der Waals surface area contributed by atoms with Crippen LogP contribution in [0.2, 0.25) is 0 Å². The lowest BCUT2D eigenvalue weighted by Crippen LogP contribution is -2.26. The van der Waals surface area contributed by atoms with Crippen molar-refractivity contribution in [1.82, 2.24) is 5.32 Å². The van der Waals surface area contributed by atoms with Crippen molar-refractivity contribution in [2.75, 3.05) is 18.6 Å². The van der Waals surface area contributed by atoms with Crippen molar-refractivity contribution in [3.63, 3.8) is 0 Å². The Bertz CT molecular complexity index is 448. The maximum Gasteiger partial charge on any atom is 0.336 e. The van der Waals surface area contributed by atoms with Gasteiger partial charge in [-0.2, -0.15) is 11.8 Å². The molecule has 110 valence electrons. The van der Waals surface area contributed by atoms with E-state index in [1.54, 1.807) is 12.1 Å². The number of amides is 1. The summed E-state index contributed by atoms with van der Waals surface area (Å²) < 4.78 is 0. The van der Waals surface area contributed by atoms with Gasteiger partial charge in [0.1, 0.15) is 0 Å². The van der Waals surface area contributed by atoms with Crippen molar-refractivity contribution < 1.29 is 14.7 Å². The summed E-state index contributed by atoms with van der Waals surface area (Å²) in [5.41, 5.74) is 0.271. The number of hydrogen-bond donors (Lipinski definition) is 2. The Morgan fingerprint density at radius 2 is 1.75 bits per heavy atom. The van der Waals surface area contributed by atoms with Crippen LogP contribution in [0.5, 0.6) is 0 Å². The van der Waals surface area contributed by atoms with Crippen LogP contribution >= 0.6 is 11.8 Å². The van der Waals surface area contributed by atoms with Crippen LogP contribution < -0.4 is 5.32 Å². The van der Waals surface area contributed by atoms with Crippen LogP contribution in [0.3, 0.4) is 0 Å². The number of unbranched alkanes of at least 4 members (excludes halogenated alkanes) is 3. The van der Waals surface area contributed by atoms with Crippen molar-refractivity contribution in [2.45, 2.75) is 25.7 Å². The Hall–Kier alpha value is -1.49. The van der Waals surface area contributed by atoms with Crippen LogP contribution in [0.15, 0.2) is 24.3 Å². The molecular formula is C15H21NO3S. The number of carbonyl (C=O) groups is 2. The Morgan fingerprint density at radius 1 is 1.10 bits per heavy atom. The highest BCUT2D eigenvalue weighted by atomic mass is 32.2. The molecule has 0 heterocycles. The fourth-order valence-corrected chi connectivity index (χ4v) is 2.38. The van der Waals surface area contributed by atoms with Gasteiger partial charge in [0.25, 0.3) is 5.91 Å². The predicted molar refractivity (Wildman–Crippen MR) is 82.6 cm³/mol. The minimum atomic E-state index is -1.08. The molecule has 2 N–H and O–H groups in total. The molecule has 5 heteroatoms. The van der Waals surface area contributed by atoms with E-state index in [4.69, 9.17) is 5.11 Å². The third kappa shape index (κ3) is 5.65. The monoisotopic (exact) mass is 295 g/mol. The molecule has 20 heavy (non-hydrogen) atoms. The largest absolute Gasteiger partial charge is 0.478 e. The van der Waals surface area contributed by atoms with Gasteiger partial charge in [0.2, 0.25) is 0 Å². The summed E-state index contributed by atoms with van der Waals surface area (Å²) in [6.45, 7) is 0.589. The lowest BCUT2D eigenvalue weighted by molar-refractivity contribution is 0.0691. The van der Waals surface area contributed by atoms with Gasteiger partial charge in [-0.15, -0.1) is 0 Å². The zero-order chi connectivity index (χ0) is 14.8. The number of hydrogen-bond acceptors (Lipinski definition) is 3. The normalized spacial score (nSPS) is 10.2. The molecule has 0 unspecified atom stereocenters. The number of carboxylic acid groups (broad SMARTS) is 1. The van der Waals surface area contributed by atoms with Crippen molar-refractivity contribution in [1.29, 1.82) is 0 Å². The maximum atomic E-state index is 11.9. The first-order valence-electron chi connectivity index (χ1n) is 6.76. The molecule has 0 aliphatic heterocycles. The Morgan fingerprint density at radius 3 is 2.40 bits per heavy atom. The Labute approximate surface area is 124 Å². The standard InChI is InChI=1S/C15H21NO3S/c1-20-11-7-3-2-6-10-16-14(17)12-8-4-5-9-13(12)15(18)19/h4-5,8-9H,2-3,6-7,10-11H2,1H3,(H,16,17)(H,18,19). The number of benzene rings is 1. The van der Waals surface area contributed by atoms with Crippen LogP contribution in [-0.4, -0.2) is 35.5 Å². The predicted octanol–water partition coefficient (Wildman–Crippen LogP) is 3.04. The average Bonchev–Trinajstić information content (AvgIpc) is 2.46. The van der Waals surface area contributed by atoms with E-state index in [1.807, 2.05) is 11.8 Å². The summed E-state index contributed by atoms with van der Waals surface area (Å²) in [5, 5.41) is 11.8. The molecule has 1 aromatic carbocycles. The molecule has 0 bridgehead atoms. The van der Waals surface area contributed by atoms with Gasteiger partial charge in [-0.3, -0.25) is 4.79 Å². The van der Waals surface area contributed by atoms with Crippen LogP contribution in [0.25, 0.3) is 0 Å². The fraction of sp³-hybridized carbons (Fsp3) is 0.467. The molecule has 1 aromatic rings. The van der Waals surface area contributed by atoms with Gasteiger partial charge in [-0.05, 0) is 37.0 Å². The number of nitrogens with one attached hydrogen (secondary N) is 1. The number of rotatable bonds is 9. The first kappa shape index (κ1) is 16.6. The quantitative estimate of drug-likeness (QED) is 0.687. The minimum absolute atomic E-state index is 0.0463. The molecule has 0 radical (unpaired) electrons. The highest BCUT2D eigenvalue weighted by Gasteiger charge is 2.14. The molecule has 4 nitrogen and oxygen atoms in total. The zero-order valence-electron chi connectivity index (χ0n) is 11.7.